The molecule has 0 unspecified atom stereocenters. The molecule has 3 rings (SSSR count). The number of aliphatic hydroxyl groups is 2. The number of carboxylic acid groups (broad SMARTS) is 1. The van der Waals surface area contributed by atoms with Crippen molar-refractivity contribution in [2.75, 3.05) is 13.1 Å². The minimum Gasteiger partial charge on any atom is -0.480 e. The number of hydrogen-bond donors (Lipinski definition) is 5. The fraction of sp³-hybridized carbons (Fsp3) is 0.600. The largest absolute Gasteiger partial charge is 0.480 e. The van der Waals surface area contributed by atoms with Crippen molar-refractivity contribution in [1.82, 2.24) is 15.1 Å². The summed E-state index contributed by atoms with van der Waals surface area (Å²) in [6, 6.07) is 5.26. The third-order valence-corrected chi connectivity index (χ3v) is 6.89. The molecule has 11 heteroatoms. The number of nitrogens with two attached hydrogens (primary N) is 1. The number of β-amino-alcohol motifs (C(OH)–C–C–N with tert-alkyl or cyclic N) is 1. The number of benzene rings is 1. The number of carbonyl (C=O) groups is 4. The number of nitrogens with zero attached hydrogens (tertiary/aromatic N) is 2. The van der Waals surface area contributed by atoms with Crippen LogP contribution in [0.5, 0.6) is 0 Å². The van der Waals surface area contributed by atoms with Gasteiger partial charge in [0, 0.05) is 25.6 Å². The van der Waals surface area contributed by atoms with Crippen LogP contribution in [0.4, 0.5) is 0 Å². The smallest absolute Gasteiger partial charge is 0.326 e. The summed E-state index contributed by atoms with van der Waals surface area (Å²) in [6.07, 6.45) is -1.38. The van der Waals surface area contributed by atoms with Crippen LogP contribution in [0.25, 0.3) is 0 Å². The molecule has 2 heterocycles. The summed E-state index contributed by atoms with van der Waals surface area (Å²) in [5.41, 5.74) is 6.92. The first-order valence-electron chi connectivity index (χ1n) is 12.3. The van der Waals surface area contributed by atoms with Crippen molar-refractivity contribution in [2.45, 2.75) is 75.9 Å². The summed E-state index contributed by atoms with van der Waals surface area (Å²) in [7, 11) is 0. The molecule has 0 saturated carbocycles. The Morgan fingerprint density at radius 3 is 2.39 bits per heavy atom. The van der Waals surface area contributed by atoms with Gasteiger partial charge in [-0.2, -0.15) is 0 Å². The first-order chi connectivity index (χ1) is 17.0. The molecule has 11 nitrogen and oxygen atoms in total. The Bertz CT molecular complexity index is 957. The number of amides is 3. The maximum atomic E-state index is 13.5. The van der Waals surface area contributed by atoms with Crippen LogP contribution in [0.15, 0.2) is 30.3 Å². The van der Waals surface area contributed by atoms with Crippen LogP contribution in [0.3, 0.4) is 0 Å². The molecule has 0 aromatic heterocycles. The van der Waals surface area contributed by atoms with Crippen molar-refractivity contribution in [3.05, 3.63) is 35.9 Å². The number of rotatable bonds is 9. The third kappa shape index (κ3) is 6.21. The van der Waals surface area contributed by atoms with E-state index in [4.69, 9.17) is 5.73 Å². The Kier molecular flexibility index (Phi) is 9.04. The SMILES string of the molecule is CC(C)[C@H](NC(=O)[C@@H](O)[C@H](N)Cc1ccccc1)C(=O)N1CCC[C@H]1C(=O)N1C[C@H](O)C[C@H]1C(=O)O. The fourth-order valence-electron chi connectivity index (χ4n) is 4.89. The number of aliphatic hydroxyl groups excluding tert-OH is 2. The second-order valence-electron chi connectivity index (χ2n) is 9.95. The minimum absolute atomic E-state index is 0.0620. The monoisotopic (exact) mass is 504 g/mol. The van der Waals surface area contributed by atoms with Gasteiger partial charge in [-0.25, -0.2) is 4.79 Å². The highest BCUT2D eigenvalue weighted by Crippen LogP contribution is 2.26. The number of aliphatic carboxylic acids is 1. The van der Waals surface area contributed by atoms with Crippen LogP contribution in [-0.2, 0) is 25.6 Å². The highest BCUT2D eigenvalue weighted by Gasteiger charge is 2.46. The van der Waals surface area contributed by atoms with Gasteiger partial charge in [-0.1, -0.05) is 44.2 Å². The van der Waals surface area contributed by atoms with Gasteiger partial charge in [0.05, 0.1) is 6.10 Å². The Morgan fingerprint density at radius 2 is 1.78 bits per heavy atom. The Labute approximate surface area is 210 Å². The van der Waals surface area contributed by atoms with Crippen molar-refractivity contribution in [2.24, 2.45) is 11.7 Å². The summed E-state index contributed by atoms with van der Waals surface area (Å²) in [5, 5.41) is 32.5. The first-order valence-corrected chi connectivity index (χ1v) is 12.3. The zero-order valence-electron chi connectivity index (χ0n) is 20.6. The number of carbonyl (C=O) groups excluding carboxylic acids is 3. The van der Waals surface area contributed by atoms with Gasteiger partial charge in [0.25, 0.3) is 5.91 Å². The lowest BCUT2D eigenvalue weighted by Gasteiger charge is -2.33. The zero-order chi connectivity index (χ0) is 26.6. The quantitative estimate of drug-likeness (QED) is 0.287. The Morgan fingerprint density at radius 1 is 1.11 bits per heavy atom. The summed E-state index contributed by atoms with van der Waals surface area (Å²) in [6.45, 7) is 3.65. The van der Waals surface area contributed by atoms with E-state index in [0.717, 1.165) is 10.5 Å². The molecule has 198 valence electrons. The molecule has 3 amide bonds. The average Bonchev–Trinajstić information content (AvgIpc) is 3.48. The summed E-state index contributed by atoms with van der Waals surface area (Å²) in [5.74, 6) is -3.34. The topological polar surface area (TPSA) is 173 Å². The van der Waals surface area contributed by atoms with Crippen molar-refractivity contribution in [3.8, 4) is 0 Å². The van der Waals surface area contributed by atoms with Gasteiger partial charge < -0.3 is 36.2 Å². The van der Waals surface area contributed by atoms with Crippen LogP contribution in [0, 0.1) is 5.92 Å². The number of likely N-dealkylation sites (tertiary alicyclic amines) is 2. The molecular weight excluding hydrogens is 468 g/mol. The predicted octanol–water partition coefficient (Wildman–Crippen LogP) is -0.904. The van der Waals surface area contributed by atoms with Crippen LogP contribution in [-0.4, -0.2) is 98.3 Å². The molecule has 0 bridgehead atoms. The van der Waals surface area contributed by atoms with Crippen LogP contribution in [0.1, 0.15) is 38.7 Å². The highest BCUT2D eigenvalue weighted by molar-refractivity contribution is 5.94. The molecule has 2 aliphatic rings. The Balaban J connectivity index is 1.68. The summed E-state index contributed by atoms with van der Waals surface area (Å²) >= 11 is 0. The summed E-state index contributed by atoms with van der Waals surface area (Å²) < 4.78 is 0. The van der Waals surface area contributed by atoms with Crippen LogP contribution < -0.4 is 11.1 Å². The molecule has 6 atom stereocenters. The van der Waals surface area contributed by atoms with E-state index >= 15 is 0 Å². The second kappa shape index (κ2) is 11.8. The van der Waals surface area contributed by atoms with E-state index in [0.29, 0.717) is 12.8 Å². The minimum atomic E-state index is -1.54. The molecule has 2 saturated heterocycles. The first kappa shape index (κ1) is 27.6. The van der Waals surface area contributed by atoms with E-state index < -0.39 is 60.1 Å². The fourth-order valence-corrected chi connectivity index (χ4v) is 4.89. The van der Waals surface area contributed by atoms with Crippen molar-refractivity contribution >= 4 is 23.7 Å². The highest BCUT2D eigenvalue weighted by atomic mass is 16.4. The number of nitrogens with one attached hydrogen (secondary N) is 1. The molecule has 0 spiro atoms. The maximum absolute atomic E-state index is 13.5. The molecule has 0 radical (unpaired) electrons. The van der Waals surface area contributed by atoms with Gasteiger partial charge in [0.1, 0.15) is 24.2 Å². The standard InChI is InChI=1S/C25H36N4O7/c1-14(2)20(27-22(32)21(31)17(26)11-15-7-4-3-5-8-15)24(34)28-10-6-9-18(28)23(33)29-13-16(30)12-19(29)25(35)36/h3-5,7-8,14,16-21,30-31H,6,9-13,26H2,1-2H3,(H,27,32)(H,35,36)/t16-,17-,18+,19+,20+,21+/m1/s1. The number of carboxylic acids is 1. The summed E-state index contributed by atoms with van der Waals surface area (Å²) in [4.78, 5) is 53.6. The van der Waals surface area contributed by atoms with E-state index in [-0.39, 0.29) is 31.8 Å². The van der Waals surface area contributed by atoms with Gasteiger partial charge in [-0.05, 0) is 30.7 Å². The molecule has 36 heavy (non-hydrogen) atoms. The maximum Gasteiger partial charge on any atom is 0.326 e. The molecule has 2 fully saturated rings. The molecule has 2 aliphatic heterocycles. The van der Waals surface area contributed by atoms with Gasteiger partial charge in [0.15, 0.2) is 0 Å². The van der Waals surface area contributed by atoms with E-state index in [1.165, 1.54) is 4.90 Å². The molecule has 1 aromatic carbocycles. The lowest BCUT2D eigenvalue weighted by Crippen LogP contribution is -2.59. The third-order valence-electron chi connectivity index (χ3n) is 6.89. The Hall–Kier alpha value is -3.02. The van der Waals surface area contributed by atoms with E-state index in [1.54, 1.807) is 13.8 Å². The van der Waals surface area contributed by atoms with Crippen molar-refractivity contribution in [1.29, 1.82) is 0 Å². The van der Waals surface area contributed by atoms with Gasteiger partial charge in [0.2, 0.25) is 11.8 Å². The molecule has 0 aliphatic carbocycles. The molecular formula is C25H36N4O7. The van der Waals surface area contributed by atoms with Gasteiger partial charge >= 0.3 is 5.97 Å². The predicted molar refractivity (Wildman–Crippen MR) is 129 cm³/mol. The van der Waals surface area contributed by atoms with Gasteiger partial charge in [-0.15, -0.1) is 0 Å². The van der Waals surface area contributed by atoms with Crippen molar-refractivity contribution in [3.63, 3.8) is 0 Å². The zero-order valence-corrected chi connectivity index (χ0v) is 20.6. The van der Waals surface area contributed by atoms with Crippen molar-refractivity contribution < 1.29 is 34.5 Å². The van der Waals surface area contributed by atoms with E-state index in [2.05, 4.69) is 5.32 Å². The normalized spacial score (nSPS) is 24.4. The van der Waals surface area contributed by atoms with E-state index in [9.17, 15) is 34.5 Å². The van der Waals surface area contributed by atoms with E-state index in [1.807, 2.05) is 30.3 Å². The van der Waals surface area contributed by atoms with Crippen LogP contribution >= 0.6 is 0 Å². The van der Waals surface area contributed by atoms with Gasteiger partial charge in [-0.3, -0.25) is 14.4 Å². The molecule has 1 aromatic rings. The lowest BCUT2D eigenvalue weighted by atomic mass is 9.99. The van der Waals surface area contributed by atoms with Crippen LogP contribution in [0.2, 0.25) is 0 Å². The second-order valence-corrected chi connectivity index (χ2v) is 9.95. The number of hydrogen-bond acceptors (Lipinski definition) is 7. The average molecular weight is 505 g/mol. The lowest BCUT2D eigenvalue weighted by molar-refractivity contribution is -0.152. The molecule has 6 N–H and O–H groups in total.